The van der Waals surface area contributed by atoms with Crippen molar-refractivity contribution >= 4 is 39.2 Å². The predicted molar refractivity (Wildman–Crippen MR) is 79.3 cm³/mol. The van der Waals surface area contributed by atoms with E-state index in [9.17, 15) is 13.6 Å². The lowest BCUT2D eigenvalue weighted by atomic mass is 10.2. The summed E-state index contributed by atoms with van der Waals surface area (Å²) in [7, 11) is 0. The van der Waals surface area contributed by atoms with Crippen LogP contribution < -0.4 is 5.32 Å². The first-order valence-electron chi connectivity index (χ1n) is 5.69. The molecule has 0 unspecified atom stereocenters. The fraction of sp³-hybridized carbons (Fsp3) is 0.0714. The quantitative estimate of drug-likeness (QED) is 0.819. The molecule has 0 bridgehead atoms. The molecule has 1 amide bonds. The van der Waals surface area contributed by atoms with Crippen LogP contribution in [0.1, 0.15) is 10.4 Å². The SMILES string of the molecule is O=C(/C=C/c1ccc(Br)s1)NCc1cc(F)cc(F)c1. The number of carbonyl (C=O) groups is 1. The van der Waals surface area contributed by atoms with E-state index in [0.29, 0.717) is 5.56 Å². The molecule has 0 atom stereocenters. The molecule has 0 saturated heterocycles. The number of halogens is 3. The summed E-state index contributed by atoms with van der Waals surface area (Å²) in [5.74, 6) is -1.64. The van der Waals surface area contributed by atoms with Gasteiger partial charge >= 0.3 is 0 Å². The maximum absolute atomic E-state index is 13.0. The molecule has 1 heterocycles. The molecule has 0 aliphatic heterocycles. The van der Waals surface area contributed by atoms with Crippen molar-refractivity contribution in [2.75, 3.05) is 0 Å². The van der Waals surface area contributed by atoms with E-state index in [-0.39, 0.29) is 12.5 Å². The molecule has 2 nitrogen and oxygen atoms in total. The monoisotopic (exact) mass is 357 g/mol. The van der Waals surface area contributed by atoms with Crippen LogP contribution in [-0.4, -0.2) is 5.91 Å². The summed E-state index contributed by atoms with van der Waals surface area (Å²) in [5.41, 5.74) is 0.378. The lowest BCUT2D eigenvalue weighted by Crippen LogP contribution is -2.20. The summed E-state index contributed by atoms with van der Waals surface area (Å²) >= 11 is 4.83. The molecule has 0 radical (unpaired) electrons. The van der Waals surface area contributed by atoms with Crippen LogP contribution in [0.25, 0.3) is 6.08 Å². The van der Waals surface area contributed by atoms with Gasteiger partial charge in [0.15, 0.2) is 0 Å². The Morgan fingerprint density at radius 2 is 1.95 bits per heavy atom. The Labute approximate surface area is 127 Å². The van der Waals surface area contributed by atoms with Crippen molar-refractivity contribution in [2.24, 2.45) is 0 Å². The van der Waals surface area contributed by atoms with Gasteiger partial charge in [0.2, 0.25) is 5.91 Å². The van der Waals surface area contributed by atoms with E-state index in [2.05, 4.69) is 21.2 Å². The number of nitrogens with one attached hydrogen (secondary N) is 1. The molecule has 0 fully saturated rings. The van der Waals surface area contributed by atoms with E-state index in [0.717, 1.165) is 14.7 Å². The second kappa shape index (κ2) is 6.76. The Kier molecular flexibility index (Phi) is 5.03. The fourth-order valence-electron chi connectivity index (χ4n) is 1.54. The Balaban J connectivity index is 1.90. The van der Waals surface area contributed by atoms with E-state index < -0.39 is 11.6 Å². The third-order valence-electron chi connectivity index (χ3n) is 2.38. The van der Waals surface area contributed by atoms with Gasteiger partial charge in [-0.3, -0.25) is 4.79 Å². The summed E-state index contributed by atoms with van der Waals surface area (Å²) in [6.45, 7) is 0.0754. The van der Waals surface area contributed by atoms with Gasteiger partial charge < -0.3 is 5.32 Å². The van der Waals surface area contributed by atoms with Crippen molar-refractivity contribution in [3.8, 4) is 0 Å². The molecule has 104 valence electrons. The molecular formula is C14H10BrF2NOS. The van der Waals surface area contributed by atoms with Crippen LogP contribution in [0.2, 0.25) is 0 Å². The maximum atomic E-state index is 13.0. The zero-order chi connectivity index (χ0) is 14.5. The molecule has 6 heteroatoms. The summed E-state index contributed by atoms with van der Waals surface area (Å²) in [6, 6.07) is 6.92. The second-order valence-electron chi connectivity index (χ2n) is 3.97. The number of thiophene rings is 1. The Bertz CT molecular complexity index is 634. The van der Waals surface area contributed by atoms with Gasteiger partial charge in [-0.25, -0.2) is 8.78 Å². The number of amides is 1. The minimum atomic E-state index is -0.659. The topological polar surface area (TPSA) is 29.1 Å². The summed E-state index contributed by atoms with van der Waals surface area (Å²) in [4.78, 5) is 12.5. The van der Waals surface area contributed by atoms with Crippen molar-refractivity contribution in [1.29, 1.82) is 0 Å². The molecule has 1 N–H and O–H groups in total. The lowest BCUT2D eigenvalue weighted by Gasteiger charge is -2.03. The number of benzene rings is 1. The van der Waals surface area contributed by atoms with Crippen molar-refractivity contribution < 1.29 is 13.6 Å². The lowest BCUT2D eigenvalue weighted by molar-refractivity contribution is -0.116. The Hall–Kier alpha value is -1.53. The minimum absolute atomic E-state index is 0.0754. The van der Waals surface area contributed by atoms with E-state index in [1.54, 1.807) is 6.08 Å². The van der Waals surface area contributed by atoms with Gasteiger partial charge in [-0.15, -0.1) is 11.3 Å². The standard InChI is InChI=1S/C14H10BrF2NOS/c15-13-3-1-12(20-13)2-4-14(19)18-8-9-5-10(16)7-11(17)6-9/h1-7H,8H2,(H,18,19)/b4-2+. The van der Waals surface area contributed by atoms with Crippen LogP contribution >= 0.6 is 27.3 Å². The van der Waals surface area contributed by atoms with Gasteiger partial charge in [0.1, 0.15) is 11.6 Å². The predicted octanol–water partition coefficient (Wildman–Crippen LogP) is 4.12. The van der Waals surface area contributed by atoms with Crippen LogP contribution in [0.5, 0.6) is 0 Å². The number of rotatable bonds is 4. The number of hydrogen-bond donors (Lipinski definition) is 1. The van der Waals surface area contributed by atoms with Crippen LogP contribution in [0.4, 0.5) is 8.78 Å². The van der Waals surface area contributed by atoms with E-state index in [4.69, 9.17) is 0 Å². The average molecular weight is 358 g/mol. The number of hydrogen-bond acceptors (Lipinski definition) is 2. The van der Waals surface area contributed by atoms with Crippen LogP contribution in [0.15, 0.2) is 40.2 Å². The first-order chi connectivity index (χ1) is 9.52. The Morgan fingerprint density at radius 3 is 2.55 bits per heavy atom. The molecule has 2 rings (SSSR count). The first-order valence-corrected chi connectivity index (χ1v) is 7.30. The molecule has 1 aromatic carbocycles. The highest BCUT2D eigenvalue weighted by Gasteiger charge is 2.02. The van der Waals surface area contributed by atoms with Gasteiger partial charge in [-0.2, -0.15) is 0 Å². The molecular weight excluding hydrogens is 348 g/mol. The molecule has 0 aliphatic rings. The molecule has 0 spiro atoms. The van der Waals surface area contributed by atoms with Gasteiger partial charge in [-0.05, 0) is 51.8 Å². The summed E-state index contributed by atoms with van der Waals surface area (Å²) < 4.78 is 26.9. The molecule has 2 aromatic rings. The van der Waals surface area contributed by atoms with Crippen molar-refractivity contribution in [3.63, 3.8) is 0 Å². The van der Waals surface area contributed by atoms with Crippen molar-refractivity contribution in [2.45, 2.75) is 6.54 Å². The van der Waals surface area contributed by atoms with Crippen molar-refractivity contribution in [1.82, 2.24) is 5.32 Å². The third kappa shape index (κ3) is 4.54. The van der Waals surface area contributed by atoms with Gasteiger partial charge in [-0.1, -0.05) is 0 Å². The molecule has 0 saturated carbocycles. The van der Waals surface area contributed by atoms with Crippen LogP contribution in [-0.2, 0) is 11.3 Å². The summed E-state index contributed by atoms with van der Waals surface area (Å²) in [6.07, 6.45) is 3.06. The van der Waals surface area contributed by atoms with Crippen molar-refractivity contribution in [3.05, 3.63) is 62.3 Å². The van der Waals surface area contributed by atoms with Gasteiger partial charge in [0.25, 0.3) is 0 Å². The largest absolute Gasteiger partial charge is 0.348 e. The Morgan fingerprint density at radius 1 is 1.25 bits per heavy atom. The van der Waals surface area contributed by atoms with Crippen LogP contribution in [0.3, 0.4) is 0 Å². The smallest absolute Gasteiger partial charge is 0.244 e. The highest BCUT2D eigenvalue weighted by molar-refractivity contribution is 9.11. The average Bonchev–Trinajstić information content (AvgIpc) is 2.79. The van der Waals surface area contributed by atoms with Gasteiger partial charge in [0.05, 0.1) is 3.79 Å². The van der Waals surface area contributed by atoms with Gasteiger partial charge in [0, 0.05) is 23.6 Å². The zero-order valence-corrected chi connectivity index (χ0v) is 12.6. The zero-order valence-electron chi connectivity index (χ0n) is 10.2. The molecule has 0 aliphatic carbocycles. The minimum Gasteiger partial charge on any atom is -0.348 e. The maximum Gasteiger partial charge on any atom is 0.244 e. The first kappa shape index (κ1) is 14.9. The highest BCUT2D eigenvalue weighted by Crippen LogP contribution is 2.22. The third-order valence-corrected chi connectivity index (χ3v) is 3.97. The molecule has 1 aromatic heterocycles. The second-order valence-corrected chi connectivity index (χ2v) is 6.47. The van der Waals surface area contributed by atoms with E-state index in [1.165, 1.54) is 29.5 Å². The van der Waals surface area contributed by atoms with Crippen LogP contribution in [0, 0.1) is 11.6 Å². The summed E-state index contributed by atoms with van der Waals surface area (Å²) in [5, 5.41) is 2.56. The number of carbonyl (C=O) groups excluding carboxylic acids is 1. The normalized spacial score (nSPS) is 10.9. The van der Waals surface area contributed by atoms with E-state index >= 15 is 0 Å². The van der Waals surface area contributed by atoms with E-state index in [1.807, 2.05) is 12.1 Å². The molecule has 20 heavy (non-hydrogen) atoms. The fourth-order valence-corrected chi connectivity index (χ4v) is 2.86. The highest BCUT2D eigenvalue weighted by atomic mass is 79.9.